The van der Waals surface area contributed by atoms with Gasteiger partial charge in [0.1, 0.15) is 6.04 Å². The highest BCUT2D eigenvalue weighted by Crippen LogP contribution is 2.60. The van der Waals surface area contributed by atoms with Gasteiger partial charge in [-0.15, -0.1) is 0 Å². The van der Waals surface area contributed by atoms with E-state index >= 15 is 0 Å². The van der Waals surface area contributed by atoms with Crippen LogP contribution in [0.4, 0.5) is 0 Å². The first-order chi connectivity index (χ1) is 11.1. The quantitative estimate of drug-likeness (QED) is 0.849. The van der Waals surface area contributed by atoms with E-state index in [1.807, 2.05) is 30.3 Å². The molecule has 4 aliphatic rings. The molecule has 0 heterocycles. The third-order valence-electron chi connectivity index (χ3n) is 6.29. The molecule has 5 rings (SSSR count). The van der Waals surface area contributed by atoms with Crippen LogP contribution in [-0.2, 0) is 16.0 Å². The van der Waals surface area contributed by atoms with Crippen LogP contribution in [-0.4, -0.2) is 18.6 Å². The molecule has 3 nitrogen and oxygen atoms in total. The number of rotatable bonds is 5. The van der Waals surface area contributed by atoms with Crippen molar-refractivity contribution in [1.82, 2.24) is 0 Å². The van der Waals surface area contributed by atoms with E-state index in [9.17, 15) is 4.79 Å². The third kappa shape index (κ3) is 3.16. The Morgan fingerprint density at radius 2 is 1.65 bits per heavy atom. The van der Waals surface area contributed by atoms with Gasteiger partial charge in [0.2, 0.25) is 0 Å². The van der Waals surface area contributed by atoms with Gasteiger partial charge < -0.3 is 10.5 Å². The summed E-state index contributed by atoms with van der Waals surface area (Å²) < 4.78 is 5.70. The number of ether oxygens (including phenoxy) is 1. The molecule has 0 aromatic heterocycles. The lowest BCUT2D eigenvalue weighted by Gasteiger charge is -2.56. The van der Waals surface area contributed by atoms with E-state index in [1.165, 1.54) is 38.5 Å². The van der Waals surface area contributed by atoms with Gasteiger partial charge in [-0.2, -0.15) is 0 Å². The molecule has 0 amide bonds. The number of benzene rings is 1. The minimum absolute atomic E-state index is 0.232. The second-order valence-electron chi connectivity index (χ2n) is 8.32. The van der Waals surface area contributed by atoms with Crippen LogP contribution in [0.1, 0.15) is 44.1 Å². The van der Waals surface area contributed by atoms with Crippen LogP contribution in [0.15, 0.2) is 30.3 Å². The van der Waals surface area contributed by atoms with Crippen LogP contribution in [0.5, 0.6) is 0 Å². The molecular formula is C20H27NO2. The predicted molar refractivity (Wildman–Crippen MR) is 89.7 cm³/mol. The van der Waals surface area contributed by atoms with E-state index in [0.29, 0.717) is 13.0 Å². The summed E-state index contributed by atoms with van der Waals surface area (Å²) >= 11 is 0. The Labute approximate surface area is 138 Å². The van der Waals surface area contributed by atoms with Crippen LogP contribution in [0.3, 0.4) is 0 Å². The van der Waals surface area contributed by atoms with Gasteiger partial charge in [0.05, 0.1) is 6.61 Å². The molecule has 1 aromatic rings. The topological polar surface area (TPSA) is 52.3 Å². The Kier molecular flexibility index (Phi) is 3.92. The second kappa shape index (κ2) is 5.94. The summed E-state index contributed by atoms with van der Waals surface area (Å²) in [4.78, 5) is 12.3. The van der Waals surface area contributed by atoms with Crippen LogP contribution in [0.2, 0.25) is 0 Å². The molecular weight excluding hydrogens is 286 g/mol. The maximum Gasteiger partial charge on any atom is 0.323 e. The second-order valence-corrected chi connectivity index (χ2v) is 8.32. The zero-order valence-corrected chi connectivity index (χ0v) is 13.7. The molecule has 0 unspecified atom stereocenters. The predicted octanol–water partition coefficient (Wildman–Crippen LogP) is 3.32. The number of esters is 1. The average molecular weight is 313 g/mol. The normalized spacial score (nSPS) is 36.0. The van der Waals surface area contributed by atoms with E-state index in [2.05, 4.69) is 0 Å². The maximum atomic E-state index is 12.3. The fourth-order valence-corrected chi connectivity index (χ4v) is 5.75. The minimum atomic E-state index is -0.550. The van der Waals surface area contributed by atoms with Gasteiger partial charge >= 0.3 is 5.97 Å². The standard InChI is InChI=1S/C20H27NO2/c21-18(9-14-4-2-1-3-5-14)19(22)23-13-20-10-15-6-16(11-20)8-17(7-15)12-20/h1-5,15-18H,6-13,21H2/t15?,16?,17?,18-,20?/m0/s1. The maximum absolute atomic E-state index is 12.3. The molecule has 2 N–H and O–H groups in total. The van der Waals surface area contributed by atoms with E-state index in [-0.39, 0.29) is 11.4 Å². The van der Waals surface area contributed by atoms with Crippen LogP contribution in [0, 0.1) is 23.2 Å². The first-order valence-corrected chi connectivity index (χ1v) is 9.08. The van der Waals surface area contributed by atoms with Crippen molar-refractivity contribution in [2.45, 2.75) is 51.0 Å². The summed E-state index contributed by atoms with van der Waals surface area (Å²) in [6.07, 6.45) is 8.60. The van der Waals surface area contributed by atoms with Crippen LogP contribution < -0.4 is 5.73 Å². The lowest BCUT2D eigenvalue weighted by Crippen LogP contribution is -2.49. The molecule has 1 aromatic carbocycles. The summed E-state index contributed by atoms with van der Waals surface area (Å²) in [5, 5.41) is 0. The Balaban J connectivity index is 1.33. The molecule has 0 radical (unpaired) electrons. The van der Waals surface area contributed by atoms with Crippen molar-refractivity contribution in [2.24, 2.45) is 28.9 Å². The Bertz CT molecular complexity index is 533. The summed E-state index contributed by atoms with van der Waals surface area (Å²) in [6.45, 7) is 0.595. The highest BCUT2D eigenvalue weighted by atomic mass is 16.5. The Morgan fingerprint density at radius 1 is 1.09 bits per heavy atom. The van der Waals surface area contributed by atoms with Gasteiger partial charge in [0.15, 0.2) is 0 Å². The lowest BCUT2D eigenvalue weighted by atomic mass is 9.50. The summed E-state index contributed by atoms with van der Waals surface area (Å²) in [5.74, 6) is 2.43. The largest absolute Gasteiger partial charge is 0.464 e. The SMILES string of the molecule is N[C@@H](Cc1ccccc1)C(=O)OCC12CC3CC(CC(C3)C1)C2. The van der Waals surface area contributed by atoms with Crippen molar-refractivity contribution in [3.63, 3.8) is 0 Å². The molecule has 3 heteroatoms. The zero-order valence-electron chi connectivity index (χ0n) is 13.7. The zero-order chi connectivity index (χ0) is 15.9. The third-order valence-corrected chi connectivity index (χ3v) is 6.29. The first-order valence-electron chi connectivity index (χ1n) is 9.08. The molecule has 4 bridgehead atoms. The number of carbonyl (C=O) groups is 1. The number of nitrogens with two attached hydrogens (primary N) is 1. The molecule has 124 valence electrons. The fourth-order valence-electron chi connectivity index (χ4n) is 5.75. The number of hydrogen-bond donors (Lipinski definition) is 1. The summed E-state index contributed by atoms with van der Waals surface area (Å²) in [7, 11) is 0. The Hall–Kier alpha value is -1.35. The van der Waals surface area contributed by atoms with Crippen molar-refractivity contribution in [3.8, 4) is 0 Å². The fraction of sp³-hybridized carbons (Fsp3) is 0.650. The van der Waals surface area contributed by atoms with Crippen molar-refractivity contribution < 1.29 is 9.53 Å². The van der Waals surface area contributed by atoms with Gasteiger partial charge in [0.25, 0.3) is 0 Å². The van der Waals surface area contributed by atoms with Gasteiger partial charge in [-0.3, -0.25) is 4.79 Å². The smallest absolute Gasteiger partial charge is 0.323 e. The summed E-state index contributed by atoms with van der Waals surface area (Å²) in [6, 6.07) is 9.39. The van der Waals surface area contributed by atoms with Crippen molar-refractivity contribution in [3.05, 3.63) is 35.9 Å². The minimum Gasteiger partial charge on any atom is -0.464 e. The number of hydrogen-bond acceptors (Lipinski definition) is 3. The monoisotopic (exact) mass is 313 g/mol. The highest BCUT2D eigenvalue weighted by Gasteiger charge is 2.51. The molecule has 0 saturated heterocycles. The van der Waals surface area contributed by atoms with Gasteiger partial charge in [-0.25, -0.2) is 0 Å². The van der Waals surface area contributed by atoms with Crippen molar-refractivity contribution in [1.29, 1.82) is 0 Å². The average Bonchev–Trinajstić information content (AvgIpc) is 2.52. The van der Waals surface area contributed by atoms with Gasteiger partial charge in [-0.05, 0) is 68.3 Å². The van der Waals surface area contributed by atoms with Crippen LogP contribution in [0.25, 0.3) is 0 Å². The first kappa shape index (κ1) is 15.2. The van der Waals surface area contributed by atoms with E-state index in [0.717, 1.165) is 23.3 Å². The molecule has 4 fully saturated rings. The molecule has 4 aliphatic carbocycles. The van der Waals surface area contributed by atoms with Crippen molar-refractivity contribution in [2.75, 3.05) is 6.61 Å². The molecule has 4 saturated carbocycles. The van der Waals surface area contributed by atoms with Crippen molar-refractivity contribution >= 4 is 5.97 Å². The molecule has 0 aliphatic heterocycles. The van der Waals surface area contributed by atoms with Crippen LogP contribution >= 0.6 is 0 Å². The summed E-state index contributed by atoms with van der Waals surface area (Å²) in [5.41, 5.74) is 7.42. The van der Waals surface area contributed by atoms with Gasteiger partial charge in [-0.1, -0.05) is 30.3 Å². The Morgan fingerprint density at radius 3 is 2.22 bits per heavy atom. The molecule has 23 heavy (non-hydrogen) atoms. The highest BCUT2D eigenvalue weighted by molar-refractivity contribution is 5.75. The lowest BCUT2D eigenvalue weighted by molar-refractivity contribution is -0.156. The van der Waals surface area contributed by atoms with E-state index in [1.54, 1.807) is 0 Å². The van der Waals surface area contributed by atoms with E-state index in [4.69, 9.17) is 10.5 Å². The molecule has 0 spiro atoms. The number of carbonyl (C=O) groups excluding carboxylic acids is 1. The van der Waals surface area contributed by atoms with Gasteiger partial charge in [0, 0.05) is 5.41 Å². The molecule has 1 atom stereocenters. The van der Waals surface area contributed by atoms with E-state index < -0.39 is 6.04 Å².